The van der Waals surface area contributed by atoms with Crippen LogP contribution in [0.4, 0.5) is 0 Å². The Morgan fingerprint density at radius 2 is 1.76 bits per heavy atom. The highest BCUT2D eigenvalue weighted by molar-refractivity contribution is 5.05. The first-order chi connectivity index (χ1) is 10.2. The summed E-state index contributed by atoms with van der Waals surface area (Å²) in [7, 11) is 0. The zero-order valence-corrected chi connectivity index (χ0v) is 13.3. The van der Waals surface area contributed by atoms with Crippen LogP contribution in [0.2, 0.25) is 0 Å². The quantitative estimate of drug-likeness (QED) is 0.539. The van der Waals surface area contributed by atoms with Gasteiger partial charge in [0.1, 0.15) is 0 Å². The van der Waals surface area contributed by atoms with Crippen LogP contribution in [0.15, 0.2) is 12.4 Å². The van der Waals surface area contributed by atoms with Crippen molar-refractivity contribution in [1.29, 1.82) is 0 Å². The van der Waals surface area contributed by atoms with Crippen LogP contribution in [0, 0.1) is 0 Å². The van der Waals surface area contributed by atoms with E-state index in [-0.39, 0.29) is 12.6 Å². The Morgan fingerprint density at radius 1 is 1.10 bits per heavy atom. The summed E-state index contributed by atoms with van der Waals surface area (Å²) < 4.78 is 0. The molecule has 5 nitrogen and oxygen atoms in total. The molecule has 0 saturated carbocycles. The Morgan fingerprint density at radius 3 is 2.33 bits per heavy atom. The van der Waals surface area contributed by atoms with Crippen LogP contribution in [0.25, 0.3) is 0 Å². The predicted octanol–water partition coefficient (Wildman–Crippen LogP) is 1.47. The molecule has 0 spiro atoms. The van der Waals surface area contributed by atoms with Crippen LogP contribution in [0.5, 0.6) is 0 Å². The molecule has 0 bridgehead atoms. The van der Waals surface area contributed by atoms with Gasteiger partial charge in [0, 0.05) is 24.9 Å². The van der Waals surface area contributed by atoms with Crippen molar-refractivity contribution in [2.45, 2.75) is 64.5 Å². The third kappa shape index (κ3) is 6.98. The molecular weight excluding hydrogens is 266 g/mol. The highest BCUT2D eigenvalue weighted by Gasteiger charge is 2.18. The zero-order valence-electron chi connectivity index (χ0n) is 13.3. The molecule has 3 N–H and O–H groups in total. The molecule has 1 heterocycles. The van der Waals surface area contributed by atoms with Crippen LogP contribution in [-0.2, 0) is 12.8 Å². The number of nitrogens with zero attached hydrogens (tertiary/aromatic N) is 2. The van der Waals surface area contributed by atoms with E-state index in [2.05, 4.69) is 29.1 Å². The number of hydrogen-bond donors (Lipinski definition) is 3. The fourth-order valence-corrected chi connectivity index (χ4v) is 2.13. The van der Waals surface area contributed by atoms with Crippen molar-refractivity contribution < 1.29 is 10.2 Å². The van der Waals surface area contributed by atoms with Crippen molar-refractivity contribution in [2.75, 3.05) is 13.2 Å². The van der Waals surface area contributed by atoms with Crippen molar-refractivity contribution in [3.8, 4) is 0 Å². The molecule has 0 aliphatic carbocycles. The average Bonchev–Trinajstić information content (AvgIpc) is 2.52. The fraction of sp³-hybridized carbons (Fsp3) is 0.750. The molecule has 120 valence electrons. The van der Waals surface area contributed by atoms with Gasteiger partial charge >= 0.3 is 0 Å². The second-order valence-corrected chi connectivity index (χ2v) is 5.47. The van der Waals surface area contributed by atoms with E-state index < -0.39 is 6.10 Å². The van der Waals surface area contributed by atoms with E-state index in [1.807, 2.05) is 6.20 Å². The molecule has 5 heteroatoms. The van der Waals surface area contributed by atoms with Gasteiger partial charge in [-0.25, -0.2) is 0 Å². The van der Waals surface area contributed by atoms with E-state index in [0.29, 0.717) is 6.42 Å². The average molecular weight is 295 g/mol. The third-order valence-electron chi connectivity index (χ3n) is 3.56. The molecule has 1 aromatic heterocycles. The number of aliphatic hydroxyl groups excluding tert-OH is 2. The van der Waals surface area contributed by atoms with E-state index in [1.54, 1.807) is 6.20 Å². The minimum Gasteiger partial charge on any atom is -0.394 e. The summed E-state index contributed by atoms with van der Waals surface area (Å²) in [6, 6.07) is -0.183. The van der Waals surface area contributed by atoms with Crippen molar-refractivity contribution in [1.82, 2.24) is 15.3 Å². The van der Waals surface area contributed by atoms with Gasteiger partial charge in [-0.15, -0.1) is 0 Å². The van der Waals surface area contributed by atoms with Crippen LogP contribution in [0.3, 0.4) is 0 Å². The number of hydrogen-bond acceptors (Lipinski definition) is 5. The van der Waals surface area contributed by atoms with Crippen LogP contribution in [-0.4, -0.2) is 45.5 Å². The number of aliphatic hydroxyl groups is 2. The predicted molar refractivity (Wildman–Crippen MR) is 84.1 cm³/mol. The molecule has 0 amide bonds. The smallest absolute Gasteiger partial charge is 0.0927 e. The van der Waals surface area contributed by atoms with E-state index in [9.17, 15) is 5.11 Å². The maximum atomic E-state index is 9.89. The van der Waals surface area contributed by atoms with Crippen molar-refractivity contribution >= 4 is 0 Å². The molecule has 0 aliphatic heterocycles. The lowest BCUT2D eigenvalue weighted by Gasteiger charge is -2.22. The topological polar surface area (TPSA) is 78.3 Å². The number of unbranched alkanes of at least 4 members (excludes halogenated alkanes) is 2. The van der Waals surface area contributed by atoms with Gasteiger partial charge in [0.2, 0.25) is 0 Å². The molecular formula is C16H29N3O2. The Bertz CT molecular complexity index is 370. The first-order valence-electron chi connectivity index (χ1n) is 8.03. The summed E-state index contributed by atoms with van der Waals surface area (Å²) in [5.41, 5.74) is 1.86. The van der Waals surface area contributed by atoms with Gasteiger partial charge in [0.05, 0.1) is 24.1 Å². The highest BCUT2D eigenvalue weighted by atomic mass is 16.3. The number of nitrogens with one attached hydrogen (secondary N) is 1. The normalized spacial score (nSPS) is 14.1. The van der Waals surface area contributed by atoms with Gasteiger partial charge in [-0.3, -0.25) is 9.97 Å². The Hall–Kier alpha value is -1.04. The largest absolute Gasteiger partial charge is 0.394 e. The fourth-order valence-electron chi connectivity index (χ4n) is 2.13. The van der Waals surface area contributed by atoms with Gasteiger partial charge in [0.15, 0.2) is 0 Å². The van der Waals surface area contributed by atoms with Crippen molar-refractivity contribution in [3.05, 3.63) is 23.8 Å². The number of rotatable bonds is 11. The molecule has 0 fully saturated rings. The second kappa shape index (κ2) is 10.7. The molecule has 1 aromatic rings. The third-order valence-corrected chi connectivity index (χ3v) is 3.56. The highest BCUT2D eigenvalue weighted by Crippen LogP contribution is 2.06. The molecule has 0 aromatic carbocycles. The summed E-state index contributed by atoms with van der Waals surface area (Å²) in [5.74, 6) is 0. The standard InChI is InChI=1S/C16H29N3O2/c1-3-5-7-13-10-19-14(11-18-13)9-15(16(21)12-20)17-8-6-4-2/h10-11,15-17,20-21H,3-9,12H2,1-2H3/t15-,16-/m1/s1. The lowest BCUT2D eigenvalue weighted by molar-refractivity contribution is 0.0624. The van der Waals surface area contributed by atoms with Gasteiger partial charge in [-0.05, 0) is 25.8 Å². The Labute approximate surface area is 127 Å². The van der Waals surface area contributed by atoms with E-state index in [4.69, 9.17) is 5.11 Å². The summed E-state index contributed by atoms with van der Waals surface area (Å²) in [4.78, 5) is 8.84. The van der Waals surface area contributed by atoms with Crippen LogP contribution in [0.1, 0.15) is 50.9 Å². The van der Waals surface area contributed by atoms with E-state index in [1.165, 1.54) is 0 Å². The van der Waals surface area contributed by atoms with Crippen LogP contribution < -0.4 is 5.32 Å². The second-order valence-electron chi connectivity index (χ2n) is 5.47. The Balaban J connectivity index is 2.56. The molecule has 1 rings (SSSR count). The van der Waals surface area contributed by atoms with Crippen molar-refractivity contribution in [2.24, 2.45) is 0 Å². The monoisotopic (exact) mass is 295 g/mol. The van der Waals surface area contributed by atoms with E-state index >= 15 is 0 Å². The van der Waals surface area contributed by atoms with Crippen LogP contribution >= 0.6 is 0 Å². The number of aryl methyl sites for hydroxylation is 1. The SMILES string of the molecule is CCCCN[C@H](Cc1cnc(CCCC)cn1)[C@H](O)CO. The molecule has 0 saturated heterocycles. The molecule has 21 heavy (non-hydrogen) atoms. The molecule has 0 aliphatic rings. The summed E-state index contributed by atoms with van der Waals surface area (Å²) in [6.45, 7) is 4.87. The minimum absolute atomic E-state index is 0.183. The minimum atomic E-state index is -0.775. The van der Waals surface area contributed by atoms with Gasteiger partial charge < -0.3 is 15.5 Å². The summed E-state index contributed by atoms with van der Waals surface area (Å²) in [6.07, 6.45) is 8.78. The number of aromatic nitrogens is 2. The van der Waals surface area contributed by atoms with Gasteiger partial charge in [-0.1, -0.05) is 26.7 Å². The lowest BCUT2D eigenvalue weighted by Crippen LogP contribution is -2.44. The molecule has 0 radical (unpaired) electrons. The zero-order chi connectivity index (χ0) is 15.5. The van der Waals surface area contributed by atoms with E-state index in [0.717, 1.165) is 50.0 Å². The Kier molecular flexibility index (Phi) is 9.14. The first-order valence-corrected chi connectivity index (χ1v) is 8.03. The first kappa shape index (κ1) is 18.0. The lowest BCUT2D eigenvalue weighted by atomic mass is 10.1. The van der Waals surface area contributed by atoms with Gasteiger partial charge in [-0.2, -0.15) is 0 Å². The maximum absolute atomic E-state index is 9.89. The molecule has 2 atom stereocenters. The maximum Gasteiger partial charge on any atom is 0.0927 e. The van der Waals surface area contributed by atoms with Crippen molar-refractivity contribution in [3.63, 3.8) is 0 Å². The van der Waals surface area contributed by atoms with Gasteiger partial charge in [0.25, 0.3) is 0 Å². The molecule has 0 unspecified atom stereocenters. The summed E-state index contributed by atoms with van der Waals surface area (Å²) in [5, 5.41) is 22.3. The summed E-state index contributed by atoms with van der Waals surface area (Å²) >= 11 is 0.